The van der Waals surface area contributed by atoms with Crippen LogP contribution in [-0.2, 0) is 109 Å². The van der Waals surface area contributed by atoms with Gasteiger partial charge < -0.3 is 279 Å². The Morgan fingerprint density at radius 2 is 0.430 bits per heavy atom. The van der Waals surface area contributed by atoms with Crippen LogP contribution in [0.4, 0.5) is 0 Å². The molecule has 744 valence electrons. The molecule has 11 saturated heterocycles. The summed E-state index contributed by atoms with van der Waals surface area (Å²) in [6.07, 6.45) is -115. The molecule has 11 aliphatic heterocycles. The summed E-state index contributed by atoms with van der Waals surface area (Å²) >= 11 is 0. The highest BCUT2D eigenvalue weighted by atomic mass is 16.8. The van der Waals surface area contributed by atoms with Crippen LogP contribution in [-0.4, -0.2) is 591 Å². The Labute approximate surface area is 722 Å². The Morgan fingerprint density at radius 3 is 0.805 bits per heavy atom. The van der Waals surface area contributed by atoms with E-state index in [1.54, 1.807) is 0 Å². The van der Waals surface area contributed by atoms with Crippen molar-refractivity contribution in [2.75, 3.05) is 72.7 Å². The summed E-state index contributed by atoms with van der Waals surface area (Å²) < 4.78 is 123. The van der Waals surface area contributed by atoms with Crippen LogP contribution in [0.25, 0.3) is 0 Å². The van der Waals surface area contributed by atoms with E-state index >= 15 is 0 Å². The zero-order valence-electron chi connectivity index (χ0n) is 67.7. The topological polar surface area (TPSA) is 920 Å². The molecule has 11 heterocycles. The fourth-order valence-corrected chi connectivity index (χ4v) is 16.3. The van der Waals surface area contributed by atoms with E-state index in [0.29, 0.717) is 0 Å². The van der Waals surface area contributed by atoms with Crippen LogP contribution >= 0.6 is 0 Å². The number of carbonyl (C=O) groups is 2. The van der Waals surface area contributed by atoms with Crippen molar-refractivity contribution in [2.45, 2.75) is 351 Å². The highest BCUT2D eigenvalue weighted by molar-refractivity contribution is 5.73. The van der Waals surface area contributed by atoms with Crippen LogP contribution < -0.4 is 10.6 Å². The molecule has 11 aliphatic rings. The number of ether oxygens (including phenoxy) is 21. The summed E-state index contributed by atoms with van der Waals surface area (Å²) in [5.74, 6) is -1.82. The summed E-state index contributed by atoms with van der Waals surface area (Å²) in [6.45, 7) is -10.2. The third-order valence-electron chi connectivity index (χ3n) is 23.7. The average molecular weight is 1880 g/mol. The molecule has 35 N–H and O–H groups in total. The lowest BCUT2D eigenvalue weighted by Gasteiger charge is -2.51. The van der Waals surface area contributed by atoms with Gasteiger partial charge in [0.15, 0.2) is 69.2 Å². The van der Waals surface area contributed by atoms with Crippen molar-refractivity contribution < 1.29 is 278 Å². The average Bonchev–Trinajstić information content (AvgIpc) is 0.760. The lowest BCUT2D eigenvalue weighted by atomic mass is 9.94. The molecule has 0 aromatic carbocycles. The predicted molar refractivity (Wildman–Crippen MR) is 386 cm³/mol. The molecule has 58 heteroatoms. The van der Waals surface area contributed by atoms with Crippen LogP contribution in [0.15, 0.2) is 0 Å². The molecule has 0 aromatic heterocycles. The minimum Gasteiger partial charge on any atom is -0.394 e. The molecule has 0 aromatic rings. The van der Waals surface area contributed by atoms with Gasteiger partial charge in [-0.1, -0.05) is 0 Å². The molecule has 0 spiro atoms. The van der Waals surface area contributed by atoms with Crippen LogP contribution in [0.2, 0.25) is 0 Å². The van der Waals surface area contributed by atoms with Crippen LogP contribution in [0.3, 0.4) is 0 Å². The second-order valence-corrected chi connectivity index (χ2v) is 32.4. The molecule has 58 nitrogen and oxygen atoms in total. The highest BCUT2D eigenvalue weighted by Crippen LogP contribution is 2.41. The number of rotatable bonds is 33. The largest absolute Gasteiger partial charge is 0.394 e. The van der Waals surface area contributed by atoms with E-state index in [0.717, 1.165) is 13.8 Å². The van der Waals surface area contributed by atoms with Gasteiger partial charge in [-0.2, -0.15) is 0 Å². The number of hydrogen-bond donors (Lipinski definition) is 35. The van der Waals surface area contributed by atoms with Gasteiger partial charge in [0.2, 0.25) is 11.8 Å². The van der Waals surface area contributed by atoms with Crippen molar-refractivity contribution in [1.82, 2.24) is 10.6 Å². The monoisotopic (exact) mass is 1880 g/mol. The first kappa shape index (κ1) is 105. The lowest BCUT2D eigenvalue weighted by molar-refractivity contribution is -0.408. The Hall–Kier alpha value is -3.22. The maximum atomic E-state index is 13.1. The van der Waals surface area contributed by atoms with Gasteiger partial charge in [0.05, 0.1) is 72.7 Å². The highest BCUT2D eigenvalue weighted by Gasteiger charge is 2.62. The fourth-order valence-electron chi connectivity index (χ4n) is 16.3. The molecule has 11 fully saturated rings. The number of carbonyl (C=O) groups excluding carboxylic acids is 2. The number of aliphatic hydroxyl groups excluding tert-OH is 33. The van der Waals surface area contributed by atoms with E-state index < -0.39 is 422 Å². The summed E-state index contributed by atoms with van der Waals surface area (Å²) in [6, 6.07) is -3.70. The fraction of sp³-hybridized carbons (Fsp3) is 0.971. The van der Waals surface area contributed by atoms with Crippen LogP contribution in [0.5, 0.6) is 0 Å². The van der Waals surface area contributed by atoms with Crippen LogP contribution in [0, 0.1) is 0 Å². The zero-order valence-corrected chi connectivity index (χ0v) is 67.7. The smallest absolute Gasteiger partial charge is 0.217 e. The summed E-state index contributed by atoms with van der Waals surface area (Å²) in [7, 11) is 0. The normalized spacial score (nSPS) is 51.7. The molecule has 0 unspecified atom stereocenters. The lowest BCUT2D eigenvalue weighted by Crippen LogP contribution is -2.70. The van der Waals surface area contributed by atoms with Crippen molar-refractivity contribution in [3.63, 3.8) is 0 Å². The molecular formula is C70H118N2O56. The van der Waals surface area contributed by atoms with E-state index in [9.17, 15) is 178 Å². The van der Waals surface area contributed by atoms with Gasteiger partial charge in [-0.05, 0) is 0 Å². The molecule has 0 bridgehead atoms. The van der Waals surface area contributed by atoms with E-state index in [1.807, 2.05) is 0 Å². The van der Waals surface area contributed by atoms with Gasteiger partial charge in [0.25, 0.3) is 0 Å². The molecule has 0 aliphatic carbocycles. The van der Waals surface area contributed by atoms with Crippen molar-refractivity contribution in [2.24, 2.45) is 0 Å². The Morgan fingerprint density at radius 1 is 0.203 bits per heavy atom. The van der Waals surface area contributed by atoms with Gasteiger partial charge in [0.1, 0.15) is 268 Å². The minimum absolute atomic E-state index is 0.823. The van der Waals surface area contributed by atoms with Gasteiger partial charge in [-0.3, -0.25) is 9.59 Å². The second kappa shape index (κ2) is 45.8. The third kappa shape index (κ3) is 22.8. The Balaban J connectivity index is 0.934. The summed E-state index contributed by atoms with van der Waals surface area (Å²) in [5.41, 5.74) is 0. The third-order valence-corrected chi connectivity index (χ3v) is 23.7. The second-order valence-electron chi connectivity index (χ2n) is 32.4. The van der Waals surface area contributed by atoms with E-state index in [2.05, 4.69) is 10.6 Å². The SMILES string of the molecule is CC(=O)N[C@@H]1[C@@H](O)[C@H](O[C@@H]2O[C@H](CO)[C@@H](O[C@@H]3O[C@H](CO[C@H]4O[C@H](CO[C@H]5O[C@H](CO[C@H]6O[C@H](CO)[C@@H](O)[C@H](O)[C@@H]6O)[C@@H](O)[C@H](O)[C@@H]5O)[C@@H](O)[C@H](O)[C@@H]4O[C@H]4O[C@H](CO[C@H]5O[C@H](CO)[C@@H](O)[C@H](O)[C@@H]5O)[C@@H](O)[C@H](O)[C@@H]4O)[C@@H](O)[C@H](O[C@H]4O[C@H](CO)[C@@H](O)[C@H](O)[C@@H]4O[C@H]4O[C@H](CO)[C@@H](O)[C@H](O)[C@H]4O[C@H]4O[C@H](CO)[C@@H](O)[C@H](O)[C@@H]4O)[C@@H]3O)[C@H](O)[C@H]2NC(C)=O)[C@@H](CO)O[C@H]1O. The van der Waals surface area contributed by atoms with E-state index in [-0.39, 0.29) is 0 Å². The van der Waals surface area contributed by atoms with Gasteiger partial charge in [0, 0.05) is 13.8 Å². The molecule has 11 rings (SSSR count). The number of nitrogens with one attached hydrogen (secondary N) is 2. The maximum absolute atomic E-state index is 13.1. The Kier molecular flexibility index (Phi) is 37.7. The van der Waals surface area contributed by atoms with Crippen molar-refractivity contribution in [1.29, 1.82) is 0 Å². The quantitative estimate of drug-likeness (QED) is 0.0290. The van der Waals surface area contributed by atoms with E-state index in [1.165, 1.54) is 0 Å². The van der Waals surface area contributed by atoms with Crippen LogP contribution in [0.1, 0.15) is 13.8 Å². The molecule has 2 amide bonds. The summed E-state index contributed by atoms with van der Waals surface area (Å²) in [5, 5.41) is 370. The molecule has 0 radical (unpaired) electrons. The predicted octanol–water partition coefficient (Wildman–Crippen LogP) is -24.7. The molecule has 55 atom stereocenters. The van der Waals surface area contributed by atoms with Gasteiger partial charge in [-0.15, -0.1) is 0 Å². The van der Waals surface area contributed by atoms with Crippen molar-refractivity contribution >= 4 is 11.8 Å². The zero-order chi connectivity index (χ0) is 94.0. The Bertz CT molecular complexity index is 3380. The van der Waals surface area contributed by atoms with E-state index in [4.69, 9.17) is 99.5 Å². The van der Waals surface area contributed by atoms with Gasteiger partial charge >= 0.3 is 0 Å². The van der Waals surface area contributed by atoms with Crippen molar-refractivity contribution in [3.8, 4) is 0 Å². The maximum Gasteiger partial charge on any atom is 0.217 e. The number of hydrogen-bond acceptors (Lipinski definition) is 56. The molecule has 0 saturated carbocycles. The first-order valence-corrected chi connectivity index (χ1v) is 40.7. The summed E-state index contributed by atoms with van der Waals surface area (Å²) in [4.78, 5) is 25.3. The van der Waals surface area contributed by atoms with Crippen molar-refractivity contribution in [3.05, 3.63) is 0 Å². The molecular weight excluding hydrogens is 1760 g/mol. The standard InChI is InChI=1S/C70H118N2O56/c1-14(80)71-27-38(91)54(21(8-78)112-60(27)107)123-61-28(72-15(2)81)39(92)55(22(9-79)118-61)124-67-53(106)56(125-69-59(46(99)33(86)19(6-76)116-69)128-70-58(45(98)32(85)20(7-77)117-70)127-65-51(104)42(95)31(84)18(5-75)115-65)37(90)26(121-67)13-111-68-57(126-66-52(105)44(97)35(88)24(120-66)11-109-63-49(102)41(94)30(83)17(4-74)114-63)47(100)36(89)25(122-68)12-110-64-50(103)43(96)34(87)23(119-64)10-108-62-48(101)40(93)29(82)16(3-73)113-62/h16-70,73-79,82-107H,3-13H2,1-2H3,(H,71,80)(H,72,81)/t16-,17-,18-,19-,20-,21-,22-,23-,24-,25-,26-,27-,28-,29-,30-,31-,32-,33-,34-,35-,36-,37-,38-,39-,40+,41+,42+,43+,44+,45+,46+,47+,48+,49+,50+,51+,52+,53+,54-,55-,56+,57+,58-,59+,60-,61+,62+,63+,64+,65-,66-,67+,68+,69-,70-/m1/s1. The van der Waals surface area contributed by atoms with Gasteiger partial charge in [-0.25, -0.2) is 0 Å². The first-order valence-electron chi connectivity index (χ1n) is 40.7. The minimum atomic E-state index is -2.69. The first-order chi connectivity index (χ1) is 60.6. The number of aliphatic hydroxyl groups is 33. The number of amides is 2. The molecule has 128 heavy (non-hydrogen) atoms.